The van der Waals surface area contributed by atoms with Crippen molar-refractivity contribution in [3.8, 4) is 0 Å². The van der Waals surface area contributed by atoms with Crippen LogP contribution >= 0.6 is 11.3 Å². The average Bonchev–Trinajstić information content (AvgIpc) is 3.47. The molecule has 2 aromatic heterocycles. The van der Waals surface area contributed by atoms with Gasteiger partial charge in [0.1, 0.15) is 10.6 Å². The first-order valence-corrected chi connectivity index (χ1v) is 12.4. The van der Waals surface area contributed by atoms with E-state index in [2.05, 4.69) is 24.0 Å². The Hall–Kier alpha value is -3.85. The van der Waals surface area contributed by atoms with Gasteiger partial charge in [0, 0.05) is 18.5 Å². The highest BCUT2D eigenvalue weighted by atomic mass is 32.1. The van der Waals surface area contributed by atoms with Crippen molar-refractivity contribution >= 4 is 44.9 Å². The van der Waals surface area contributed by atoms with Crippen molar-refractivity contribution in [1.82, 2.24) is 10.2 Å². The number of hydrogen-bond acceptors (Lipinski definition) is 7. The zero-order valence-corrected chi connectivity index (χ0v) is 20.3. The second-order valence-corrected chi connectivity index (χ2v) is 10.2. The van der Waals surface area contributed by atoms with Gasteiger partial charge >= 0.3 is 0 Å². The average molecular weight is 487 g/mol. The Kier molecular flexibility index (Phi) is 4.69. The SMILES string of the molecule is CCN1C(=O)C2(c3ccccc31)c1c(oc3ccccc3c1=O)C(=O)N2c1nnc(CC(C)C)s1. The Balaban J connectivity index is 1.72. The van der Waals surface area contributed by atoms with Crippen LogP contribution in [0.2, 0.25) is 0 Å². The number of carbonyl (C=O) groups excluding carboxylic acids is 2. The van der Waals surface area contributed by atoms with Crippen molar-refractivity contribution < 1.29 is 14.0 Å². The first kappa shape index (κ1) is 21.7. The number of likely N-dealkylation sites (N-methyl/N-ethyl adjacent to an activating group) is 1. The lowest BCUT2D eigenvalue weighted by atomic mass is 9.84. The summed E-state index contributed by atoms with van der Waals surface area (Å²) in [5.41, 5.74) is -0.559. The number of carbonyl (C=O) groups is 2. The lowest BCUT2D eigenvalue weighted by Gasteiger charge is -2.31. The molecule has 0 fully saturated rings. The van der Waals surface area contributed by atoms with Gasteiger partial charge in [-0.25, -0.2) is 0 Å². The standard InChI is InChI=1S/C26H22N4O4S/c1-4-29-17-11-7-6-10-16(17)26(24(29)33)20-21(31)15-9-5-8-12-18(15)34-22(20)23(32)30(26)25-28-27-19(35-25)13-14(2)3/h5-12,14H,4,13H2,1-3H3. The molecule has 1 spiro atoms. The van der Waals surface area contributed by atoms with Gasteiger partial charge in [-0.15, -0.1) is 10.2 Å². The number of benzene rings is 2. The third-order valence-corrected chi connectivity index (χ3v) is 7.51. The summed E-state index contributed by atoms with van der Waals surface area (Å²) in [5, 5.41) is 9.95. The largest absolute Gasteiger partial charge is 0.450 e. The number of hydrogen-bond donors (Lipinski definition) is 0. The molecule has 176 valence electrons. The first-order chi connectivity index (χ1) is 16.9. The normalized spacial score (nSPS) is 18.9. The molecule has 0 aliphatic carbocycles. The van der Waals surface area contributed by atoms with Gasteiger partial charge in [-0.3, -0.25) is 19.3 Å². The Morgan fingerprint density at radius 2 is 1.77 bits per heavy atom. The molecule has 0 saturated heterocycles. The second kappa shape index (κ2) is 7.58. The molecule has 4 aromatic rings. The fourth-order valence-corrected chi connectivity index (χ4v) is 6.29. The van der Waals surface area contributed by atoms with Crippen molar-refractivity contribution in [1.29, 1.82) is 0 Å². The Bertz CT molecular complexity index is 1590. The van der Waals surface area contributed by atoms with Crippen LogP contribution in [0.1, 0.15) is 47.5 Å². The van der Waals surface area contributed by atoms with Crippen LogP contribution in [0.25, 0.3) is 11.0 Å². The minimum atomic E-state index is -1.71. The predicted molar refractivity (Wildman–Crippen MR) is 133 cm³/mol. The van der Waals surface area contributed by atoms with Crippen LogP contribution in [0.4, 0.5) is 10.8 Å². The molecule has 2 amide bonds. The highest BCUT2D eigenvalue weighted by molar-refractivity contribution is 7.15. The molecule has 4 heterocycles. The summed E-state index contributed by atoms with van der Waals surface area (Å²) < 4.78 is 6.03. The molecule has 6 rings (SSSR count). The van der Waals surface area contributed by atoms with Crippen molar-refractivity contribution in [3.05, 3.63) is 80.6 Å². The molecule has 2 aromatic carbocycles. The lowest BCUT2D eigenvalue weighted by molar-refractivity contribution is -0.121. The van der Waals surface area contributed by atoms with E-state index in [0.29, 0.717) is 41.1 Å². The number of amides is 2. The van der Waals surface area contributed by atoms with Gasteiger partial charge in [0.05, 0.1) is 16.6 Å². The molecular formula is C26H22N4O4S. The van der Waals surface area contributed by atoms with Crippen LogP contribution < -0.4 is 15.2 Å². The quantitative estimate of drug-likeness (QED) is 0.431. The van der Waals surface area contributed by atoms with Crippen LogP contribution in [0.3, 0.4) is 0 Å². The van der Waals surface area contributed by atoms with Crippen LogP contribution in [-0.2, 0) is 16.8 Å². The van der Waals surface area contributed by atoms with E-state index in [1.807, 2.05) is 19.1 Å². The third-order valence-electron chi connectivity index (χ3n) is 6.58. The van der Waals surface area contributed by atoms with E-state index in [4.69, 9.17) is 4.42 Å². The van der Waals surface area contributed by atoms with Gasteiger partial charge < -0.3 is 9.32 Å². The van der Waals surface area contributed by atoms with Gasteiger partial charge in [-0.2, -0.15) is 0 Å². The van der Waals surface area contributed by atoms with Crippen LogP contribution in [0, 0.1) is 5.92 Å². The van der Waals surface area contributed by atoms with Crippen molar-refractivity contribution in [2.75, 3.05) is 16.3 Å². The maximum atomic E-state index is 14.3. The third kappa shape index (κ3) is 2.75. The van der Waals surface area contributed by atoms with E-state index in [9.17, 15) is 14.4 Å². The van der Waals surface area contributed by atoms with Gasteiger partial charge in [0.25, 0.3) is 11.8 Å². The fourth-order valence-electron chi connectivity index (χ4n) is 5.19. The van der Waals surface area contributed by atoms with Gasteiger partial charge in [-0.1, -0.05) is 55.5 Å². The number of anilines is 2. The molecular weight excluding hydrogens is 464 g/mol. The van der Waals surface area contributed by atoms with Crippen molar-refractivity contribution in [3.63, 3.8) is 0 Å². The smallest absolute Gasteiger partial charge is 0.297 e. The number of para-hydroxylation sites is 2. The second-order valence-electron chi connectivity index (χ2n) is 9.13. The fraction of sp³-hybridized carbons (Fsp3) is 0.269. The zero-order valence-electron chi connectivity index (χ0n) is 19.4. The summed E-state index contributed by atoms with van der Waals surface area (Å²) in [7, 11) is 0. The molecule has 0 N–H and O–H groups in total. The molecule has 0 bridgehead atoms. The molecule has 9 heteroatoms. The van der Waals surface area contributed by atoms with Gasteiger partial charge in [-0.05, 0) is 31.0 Å². The van der Waals surface area contributed by atoms with E-state index in [-0.39, 0.29) is 22.4 Å². The zero-order chi connectivity index (χ0) is 24.5. The highest BCUT2D eigenvalue weighted by Crippen LogP contribution is 2.54. The number of nitrogens with zero attached hydrogens (tertiary/aromatic N) is 4. The topological polar surface area (TPSA) is 96.6 Å². The molecule has 1 unspecified atom stereocenters. The van der Waals surface area contributed by atoms with Crippen LogP contribution in [-0.4, -0.2) is 28.6 Å². The first-order valence-electron chi connectivity index (χ1n) is 11.5. The maximum Gasteiger partial charge on any atom is 0.297 e. The van der Waals surface area contributed by atoms with Gasteiger partial charge in [0.2, 0.25) is 10.9 Å². The molecule has 35 heavy (non-hydrogen) atoms. The molecule has 0 radical (unpaired) electrons. The summed E-state index contributed by atoms with van der Waals surface area (Å²) in [6.07, 6.45) is 0.687. The van der Waals surface area contributed by atoms with Crippen molar-refractivity contribution in [2.45, 2.75) is 32.7 Å². The van der Waals surface area contributed by atoms with E-state index >= 15 is 0 Å². The Morgan fingerprint density at radius 1 is 1.03 bits per heavy atom. The number of aromatic nitrogens is 2. The summed E-state index contributed by atoms with van der Waals surface area (Å²) >= 11 is 1.26. The summed E-state index contributed by atoms with van der Waals surface area (Å²) in [6, 6.07) is 14.0. The van der Waals surface area contributed by atoms with Crippen molar-refractivity contribution in [2.24, 2.45) is 5.92 Å². The lowest BCUT2D eigenvalue weighted by Crippen LogP contribution is -2.53. The minimum Gasteiger partial charge on any atom is -0.450 e. The Labute approximate surface area is 204 Å². The van der Waals surface area contributed by atoms with E-state index in [1.165, 1.54) is 16.2 Å². The molecule has 8 nitrogen and oxygen atoms in total. The molecule has 2 aliphatic heterocycles. The molecule has 1 atom stereocenters. The summed E-state index contributed by atoms with van der Waals surface area (Å²) in [5.74, 6) is -0.739. The van der Waals surface area contributed by atoms with E-state index < -0.39 is 16.9 Å². The predicted octanol–water partition coefficient (Wildman–Crippen LogP) is 4.11. The maximum absolute atomic E-state index is 14.3. The highest BCUT2D eigenvalue weighted by Gasteiger charge is 2.66. The van der Waals surface area contributed by atoms with Crippen LogP contribution in [0.15, 0.2) is 57.7 Å². The number of rotatable bonds is 4. The summed E-state index contributed by atoms with van der Waals surface area (Å²) in [4.78, 5) is 45.2. The molecule has 2 aliphatic rings. The monoisotopic (exact) mass is 486 g/mol. The summed E-state index contributed by atoms with van der Waals surface area (Å²) in [6.45, 7) is 6.39. The van der Waals surface area contributed by atoms with Gasteiger partial charge in [0.15, 0.2) is 11.0 Å². The number of fused-ring (bicyclic) bond motifs is 5. The van der Waals surface area contributed by atoms with E-state index in [1.54, 1.807) is 41.3 Å². The minimum absolute atomic E-state index is 0.0372. The Morgan fingerprint density at radius 3 is 2.54 bits per heavy atom. The molecule has 0 saturated carbocycles. The van der Waals surface area contributed by atoms with E-state index in [0.717, 1.165) is 5.01 Å². The van der Waals surface area contributed by atoms with Crippen LogP contribution in [0.5, 0.6) is 0 Å².